The molecule has 0 fully saturated rings. The van der Waals surface area contributed by atoms with Crippen LogP contribution in [0.15, 0.2) is 30.9 Å². The molecule has 0 aromatic heterocycles. The first kappa shape index (κ1) is 11.9. The van der Waals surface area contributed by atoms with Crippen LogP contribution in [-0.2, 0) is 0 Å². The van der Waals surface area contributed by atoms with Crippen molar-refractivity contribution in [3.8, 4) is 0 Å². The van der Waals surface area contributed by atoms with Gasteiger partial charge in [0, 0.05) is 6.04 Å². The van der Waals surface area contributed by atoms with Gasteiger partial charge in [0.15, 0.2) is 0 Å². The van der Waals surface area contributed by atoms with E-state index in [1.165, 1.54) is 12.1 Å². The molecule has 1 aromatic rings. The summed E-state index contributed by atoms with van der Waals surface area (Å²) in [5.74, 6) is 5.22. The predicted molar refractivity (Wildman–Crippen MR) is 60.6 cm³/mol. The Bertz CT molecular complexity index is 316. The Morgan fingerprint density at radius 1 is 1.53 bits per heavy atom. The zero-order chi connectivity index (χ0) is 11.3. The number of aryl methyl sites for hydroxylation is 1. The summed E-state index contributed by atoms with van der Waals surface area (Å²) >= 11 is 0. The molecular formula is C12H17FN2. The van der Waals surface area contributed by atoms with Crippen LogP contribution >= 0.6 is 0 Å². The lowest BCUT2D eigenvalue weighted by atomic mass is 10.0. The zero-order valence-electron chi connectivity index (χ0n) is 8.96. The normalized spacial score (nSPS) is 12.5. The molecule has 1 unspecified atom stereocenters. The van der Waals surface area contributed by atoms with Crippen molar-refractivity contribution >= 4 is 0 Å². The van der Waals surface area contributed by atoms with E-state index < -0.39 is 0 Å². The summed E-state index contributed by atoms with van der Waals surface area (Å²) in [7, 11) is 0. The molecule has 2 nitrogen and oxygen atoms in total. The SMILES string of the molecule is C=CCCC(NN)c1cc(C)cc(F)c1. The number of hydrogen-bond acceptors (Lipinski definition) is 2. The fraction of sp³-hybridized carbons (Fsp3) is 0.333. The van der Waals surface area contributed by atoms with Crippen LogP contribution in [0.3, 0.4) is 0 Å². The molecule has 0 spiro atoms. The van der Waals surface area contributed by atoms with E-state index in [1.807, 2.05) is 19.1 Å². The van der Waals surface area contributed by atoms with Crippen molar-refractivity contribution in [2.75, 3.05) is 0 Å². The summed E-state index contributed by atoms with van der Waals surface area (Å²) in [4.78, 5) is 0. The van der Waals surface area contributed by atoms with Crippen molar-refractivity contribution < 1.29 is 4.39 Å². The van der Waals surface area contributed by atoms with Crippen LogP contribution < -0.4 is 11.3 Å². The van der Waals surface area contributed by atoms with Crippen molar-refractivity contribution in [3.05, 3.63) is 47.8 Å². The number of benzene rings is 1. The van der Waals surface area contributed by atoms with Gasteiger partial charge in [-0.1, -0.05) is 12.1 Å². The molecule has 3 N–H and O–H groups in total. The van der Waals surface area contributed by atoms with E-state index in [0.29, 0.717) is 0 Å². The third-order valence-corrected chi connectivity index (χ3v) is 2.33. The van der Waals surface area contributed by atoms with Gasteiger partial charge >= 0.3 is 0 Å². The quantitative estimate of drug-likeness (QED) is 0.443. The van der Waals surface area contributed by atoms with Gasteiger partial charge in [-0.05, 0) is 43.0 Å². The standard InChI is InChI=1S/C12H17FN2/c1-3-4-5-12(15-14)10-6-9(2)7-11(13)8-10/h3,6-8,12,15H,1,4-5,14H2,2H3. The minimum atomic E-state index is -0.219. The van der Waals surface area contributed by atoms with Crippen LogP contribution in [-0.4, -0.2) is 0 Å². The highest BCUT2D eigenvalue weighted by atomic mass is 19.1. The summed E-state index contributed by atoms with van der Waals surface area (Å²) in [6, 6.07) is 4.94. The summed E-state index contributed by atoms with van der Waals surface area (Å²) in [6.07, 6.45) is 3.50. The number of allylic oxidation sites excluding steroid dienone is 1. The molecule has 0 aliphatic rings. The van der Waals surface area contributed by atoms with Crippen molar-refractivity contribution in [1.29, 1.82) is 0 Å². The van der Waals surface area contributed by atoms with Crippen LogP contribution in [0, 0.1) is 12.7 Å². The molecule has 0 heterocycles. The van der Waals surface area contributed by atoms with Gasteiger partial charge in [0.1, 0.15) is 5.82 Å². The number of hydrazine groups is 1. The third-order valence-electron chi connectivity index (χ3n) is 2.33. The number of rotatable bonds is 5. The van der Waals surface area contributed by atoms with E-state index >= 15 is 0 Å². The van der Waals surface area contributed by atoms with Gasteiger partial charge in [-0.3, -0.25) is 11.3 Å². The first-order valence-electron chi connectivity index (χ1n) is 5.01. The van der Waals surface area contributed by atoms with E-state index in [2.05, 4.69) is 12.0 Å². The van der Waals surface area contributed by atoms with E-state index in [-0.39, 0.29) is 11.9 Å². The Kier molecular flexibility index (Phi) is 4.46. The zero-order valence-corrected chi connectivity index (χ0v) is 8.96. The lowest BCUT2D eigenvalue weighted by Gasteiger charge is -2.16. The fourth-order valence-corrected chi connectivity index (χ4v) is 1.60. The van der Waals surface area contributed by atoms with Gasteiger partial charge in [-0.25, -0.2) is 4.39 Å². The molecule has 0 aliphatic carbocycles. The smallest absolute Gasteiger partial charge is 0.123 e. The van der Waals surface area contributed by atoms with E-state index in [9.17, 15) is 4.39 Å². The number of nitrogens with two attached hydrogens (primary N) is 1. The number of nitrogens with one attached hydrogen (secondary N) is 1. The second kappa shape index (κ2) is 5.63. The number of hydrogen-bond donors (Lipinski definition) is 2. The Balaban J connectivity index is 2.85. The first-order valence-corrected chi connectivity index (χ1v) is 5.01. The first-order chi connectivity index (χ1) is 7.17. The maximum atomic E-state index is 13.2. The van der Waals surface area contributed by atoms with Crippen molar-refractivity contribution in [1.82, 2.24) is 5.43 Å². The maximum Gasteiger partial charge on any atom is 0.123 e. The topological polar surface area (TPSA) is 38.0 Å². The monoisotopic (exact) mass is 208 g/mol. The molecule has 0 saturated carbocycles. The second-order valence-electron chi connectivity index (χ2n) is 3.65. The molecule has 0 aliphatic heterocycles. The molecule has 1 atom stereocenters. The highest BCUT2D eigenvalue weighted by Crippen LogP contribution is 2.20. The molecule has 0 saturated heterocycles. The third kappa shape index (κ3) is 3.46. The van der Waals surface area contributed by atoms with E-state index in [1.54, 1.807) is 0 Å². The highest BCUT2D eigenvalue weighted by Gasteiger charge is 2.09. The second-order valence-corrected chi connectivity index (χ2v) is 3.65. The molecular weight excluding hydrogens is 191 g/mol. The van der Waals surface area contributed by atoms with Crippen molar-refractivity contribution in [3.63, 3.8) is 0 Å². The van der Waals surface area contributed by atoms with Gasteiger partial charge < -0.3 is 0 Å². The van der Waals surface area contributed by atoms with Gasteiger partial charge in [0.2, 0.25) is 0 Å². The number of halogens is 1. The van der Waals surface area contributed by atoms with Crippen LogP contribution in [0.25, 0.3) is 0 Å². The van der Waals surface area contributed by atoms with Crippen molar-refractivity contribution in [2.24, 2.45) is 5.84 Å². The predicted octanol–water partition coefficient (Wildman–Crippen LogP) is 2.60. The summed E-state index contributed by atoms with van der Waals surface area (Å²) in [6.45, 7) is 5.52. The molecule has 1 aromatic carbocycles. The molecule has 82 valence electrons. The average Bonchev–Trinajstić information content (AvgIpc) is 2.17. The van der Waals surface area contributed by atoms with Gasteiger partial charge in [-0.15, -0.1) is 6.58 Å². The van der Waals surface area contributed by atoms with Gasteiger partial charge in [0.05, 0.1) is 0 Å². The van der Waals surface area contributed by atoms with Crippen LogP contribution in [0.5, 0.6) is 0 Å². The average molecular weight is 208 g/mol. The Morgan fingerprint density at radius 2 is 2.27 bits per heavy atom. The van der Waals surface area contributed by atoms with E-state index in [0.717, 1.165) is 24.0 Å². The van der Waals surface area contributed by atoms with Gasteiger partial charge in [-0.2, -0.15) is 0 Å². The summed E-state index contributed by atoms with van der Waals surface area (Å²) in [5, 5.41) is 0. The Labute approximate surface area is 90.0 Å². The molecule has 0 bridgehead atoms. The minimum absolute atomic E-state index is 0.0163. The minimum Gasteiger partial charge on any atom is -0.271 e. The molecule has 15 heavy (non-hydrogen) atoms. The highest BCUT2D eigenvalue weighted by molar-refractivity contribution is 5.26. The molecule has 1 rings (SSSR count). The maximum absolute atomic E-state index is 13.2. The van der Waals surface area contributed by atoms with E-state index in [4.69, 9.17) is 5.84 Å². The largest absolute Gasteiger partial charge is 0.271 e. The fourth-order valence-electron chi connectivity index (χ4n) is 1.60. The summed E-state index contributed by atoms with van der Waals surface area (Å²) < 4.78 is 13.2. The lowest BCUT2D eigenvalue weighted by molar-refractivity contribution is 0.515. The van der Waals surface area contributed by atoms with Crippen LogP contribution in [0.1, 0.15) is 30.0 Å². The van der Waals surface area contributed by atoms with Crippen LogP contribution in [0.4, 0.5) is 4.39 Å². The molecule has 0 radical (unpaired) electrons. The Hall–Kier alpha value is -1.19. The molecule has 0 amide bonds. The lowest BCUT2D eigenvalue weighted by Crippen LogP contribution is -2.28. The summed E-state index contributed by atoms with van der Waals surface area (Å²) in [5.41, 5.74) is 4.49. The van der Waals surface area contributed by atoms with Gasteiger partial charge in [0.25, 0.3) is 0 Å². The van der Waals surface area contributed by atoms with Crippen molar-refractivity contribution in [2.45, 2.75) is 25.8 Å². The van der Waals surface area contributed by atoms with Crippen LogP contribution in [0.2, 0.25) is 0 Å². The Morgan fingerprint density at radius 3 is 2.80 bits per heavy atom. The molecule has 3 heteroatoms.